The van der Waals surface area contributed by atoms with Crippen LogP contribution in [0.25, 0.3) is 22.3 Å². The fourth-order valence-electron chi connectivity index (χ4n) is 4.49. The van der Waals surface area contributed by atoms with E-state index in [0.717, 1.165) is 18.6 Å². The van der Waals surface area contributed by atoms with Gasteiger partial charge >= 0.3 is 0 Å². The zero-order valence-corrected chi connectivity index (χ0v) is 23.9. The van der Waals surface area contributed by atoms with Crippen LogP contribution in [0.4, 0.5) is 20.3 Å². The first-order valence-corrected chi connectivity index (χ1v) is 14.5. The SMILES string of the molecule is CC(C)(C)C(=O)N1CC[C@@H](Nc2ncnc3ccc(-c4cnc(Cl)c(NS(=O)(=O)c5ccc(F)cc5F)c4)nc23)C1. The van der Waals surface area contributed by atoms with Crippen molar-refractivity contribution in [1.82, 2.24) is 24.8 Å². The zero-order chi connectivity index (χ0) is 29.5. The van der Waals surface area contributed by atoms with E-state index in [9.17, 15) is 22.0 Å². The van der Waals surface area contributed by atoms with Crippen LogP contribution < -0.4 is 10.0 Å². The Morgan fingerprint density at radius 1 is 1.10 bits per heavy atom. The first-order chi connectivity index (χ1) is 19.3. The smallest absolute Gasteiger partial charge is 0.264 e. The molecule has 1 aliphatic heterocycles. The Kier molecular flexibility index (Phi) is 7.51. The van der Waals surface area contributed by atoms with E-state index in [2.05, 4.69) is 25.0 Å². The van der Waals surface area contributed by atoms with Crippen molar-refractivity contribution in [2.45, 2.75) is 38.1 Å². The maximum Gasteiger partial charge on any atom is 0.264 e. The first-order valence-electron chi connectivity index (χ1n) is 12.6. The lowest BCUT2D eigenvalue weighted by Crippen LogP contribution is -2.39. The van der Waals surface area contributed by atoms with Crippen LogP contribution in [0.5, 0.6) is 0 Å². The molecule has 1 aromatic carbocycles. The number of hydrogen-bond donors (Lipinski definition) is 2. The Bertz CT molecular complexity index is 1770. The number of pyridine rings is 2. The van der Waals surface area contributed by atoms with Crippen LogP contribution in [0, 0.1) is 17.0 Å². The lowest BCUT2D eigenvalue weighted by atomic mass is 9.95. The second kappa shape index (κ2) is 10.8. The summed E-state index contributed by atoms with van der Waals surface area (Å²) in [5.41, 5.74) is 1.28. The molecule has 2 N–H and O–H groups in total. The molecule has 3 aromatic heterocycles. The van der Waals surface area contributed by atoms with Crippen molar-refractivity contribution in [2.24, 2.45) is 5.41 Å². The molecule has 4 aromatic rings. The van der Waals surface area contributed by atoms with Crippen molar-refractivity contribution >= 4 is 50.1 Å². The quantitative estimate of drug-likeness (QED) is 0.299. The fraction of sp³-hybridized carbons (Fsp3) is 0.296. The summed E-state index contributed by atoms with van der Waals surface area (Å²) >= 11 is 6.15. The minimum Gasteiger partial charge on any atom is -0.364 e. The average Bonchev–Trinajstić information content (AvgIpc) is 3.37. The summed E-state index contributed by atoms with van der Waals surface area (Å²) in [5, 5.41) is 3.20. The molecule has 10 nitrogen and oxygen atoms in total. The number of carbonyl (C=O) groups excluding carboxylic acids is 1. The van der Waals surface area contributed by atoms with Crippen molar-refractivity contribution in [1.29, 1.82) is 0 Å². The number of nitrogens with one attached hydrogen (secondary N) is 2. The number of halogens is 3. The van der Waals surface area contributed by atoms with E-state index >= 15 is 0 Å². The summed E-state index contributed by atoms with van der Waals surface area (Å²) in [6, 6.07) is 6.93. The highest BCUT2D eigenvalue weighted by Crippen LogP contribution is 2.31. The van der Waals surface area contributed by atoms with Gasteiger partial charge in [-0.3, -0.25) is 9.52 Å². The van der Waals surface area contributed by atoms with Crippen molar-refractivity contribution in [3.63, 3.8) is 0 Å². The van der Waals surface area contributed by atoms with Gasteiger partial charge in [0.15, 0.2) is 11.0 Å². The number of amides is 1. The highest BCUT2D eigenvalue weighted by molar-refractivity contribution is 7.92. The fourth-order valence-corrected chi connectivity index (χ4v) is 5.81. The maximum absolute atomic E-state index is 14.2. The van der Waals surface area contributed by atoms with Gasteiger partial charge in [-0.2, -0.15) is 0 Å². The third kappa shape index (κ3) is 6.05. The van der Waals surface area contributed by atoms with Crippen LogP contribution >= 0.6 is 11.6 Å². The predicted molar refractivity (Wildman–Crippen MR) is 151 cm³/mol. The molecule has 0 saturated carbocycles. The summed E-state index contributed by atoms with van der Waals surface area (Å²) in [4.78, 5) is 31.2. The molecule has 5 rings (SSSR count). The number of fused-ring (bicyclic) bond motifs is 1. The molecule has 0 unspecified atom stereocenters. The number of sulfonamides is 1. The van der Waals surface area contributed by atoms with E-state index in [4.69, 9.17) is 16.6 Å². The largest absolute Gasteiger partial charge is 0.364 e. The summed E-state index contributed by atoms with van der Waals surface area (Å²) in [6.45, 7) is 6.83. The molecule has 214 valence electrons. The van der Waals surface area contributed by atoms with E-state index in [1.807, 2.05) is 25.7 Å². The zero-order valence-electron chi connectivity index (χ0n) is 22.3. The van der Waals surface area contributed by atoms with Crippen LogP contribution in [0.3, 0.4) is 0 Å². The Morgan fingerprint density at radius 2 is 1.88 bits per heavy atom. The Morgan fingerprint density at radius 3 is 2.61 bits per heavy atom. The molecule has 4 heterocycles. The third-order valence-electron chi connectivity index (χ3n) is 6.50. The minimum absolute atomic E-state index is 0.0325. The molecule has 41 heavy (non-hydrogen) atoms. The number of nitrogens with zero attached hydrogens (tertiary/aromatic N) is 5. The van der Waals surface area contributed by atoms with Crippen molar-refractivity contribution in [2.75, 3.05) is 23.1 Å². The lowest BCUT2D eigenvalue weighted by Gasteiger charge is -2.25. The molecule has 1 amide bonds. The second-order valence-corrected chi connectivity index (χ2v) is 12.7. The van der Waals surface area contributed by atoms with Crippen molar-refractivity contribution in [3.8, 4) is 11.3 Å². The normalized spacial score (nSPS) is 15.8. The molecule has 1 atom stereocenters. The minimum atomic E-state index is -4.45. The van der Waals surface area contributed by atoms with Crippen molar-refractivity contribution in [3.05, 3.63) is 65.7 Å². The van der Waals surface area contributed by atoms with Gasteiger partial charge in [-0.25, -0.2) is 37.1 Å². The molecule has 0 radical (unpaired) electrons. The van der Waals surface area contributed by atoms with Gasteiger partial charge in [0.1, 0.15) is 28.4 Å². The first kappa shape index (κ1) is 28.6. The number of rotatable bonds is 6. The number of hydrogen-bond acceptors (Lipinski definition) is 8. The molecule has 1 saturated heterocycles. The van der Waals surface area contributed by atoms with E-state index in [1.165, 1.54) is 18.6 Å². The Hall–Kier alpha value is -3.97. The van der Waals surface area contributed by atoms with Gasteiger partial charge in [0.05, 0.1) is 16.9 Å². The number of anilines is 2. The molecule has 14 heteroatoms. The van der Waals surface area contributed by atoms with Gasteiger partial charge in [0.2, 0.25) is 5.91 Å². The van der Waals surface area contributed by atoms with Gasteiger partial charge in [-0.15, -0.1) is 0 Å². The third-order valence-corrected chi connectivity index (χ3v) is 8.20. The van der Waals surface area contributed by atoms with Gasteiger partial charge in [-0.05, 0) is 36.8 Å². The molecule has 1 fully saturated rings. The van der Waals surface area contributed by atoms with E-state index in [1.54, 1.807) is 12.1 Å². The Balaban J connectivity index is 1.42. The van der Waals surface area contributed by atoms with E-state index in [0.29, 0.717) is 47.3 Å². The van der Waals surface area contributed by atoms with Crippen LogP contribution in [-0.4, -0.2) is 58.3 Å². The van der Waals surface area contributed by atoms with Gasteiger partial charge in [-0.1, -0.05) is 32.4 Å². The predicted octanol–water partition coefficient (Wildman–Crippen LogP) is 4.88. The monoisotopic (exact) mass is 601 g/mol. The average molecular weight is 602 g/mol. The highest BCUT2D eigenvalue weighted by atomic mass is 35.5. The number of likely N-dealkylation sites (tertiary alicyclic amines) is 1. The van der Waals surface area contributed by atoms with E-state index in [-0.39, 0.29) is 22.8 Å². The van der Waals surface area contributed by atoms with Crippen molar-refractivity contribution < 1.29 is 22.0 Å². The van der Waals surface area contributed by atoms with Gasteiger partial charge in [0, 0.05) is 42.4 Å². The standard InChI is InChI=1S/C27H26ClF2N7O3S/c1-27(2,3)26(38)37-9-8-17(13-37)34-25-23-20(32-14-33-25)6-5-19(35-23)15-10-21(24(28)31-12-15)36-41(39,40)22-7-4-16(29)11-18(22)30/h4-7,10-12,14,17,36H,8-9,13H2,1-3H3,(H,32,33,34)/t17-/m1/s1. The second-order valence-electron chi connectivity index (χ2n) is 10.7. The molecule has 0 spiro atoms. The highest BCUT2D eigenvalue weighted by Gasteiger charge is 2.33. The number of carbonyl (C=O) groups is 1. The molecule has 1 aliphatic rings. The maximum atomic E-state index is 14.2. The summed E-state index contributed by atoms with van der Waals surface area (Å²) in [6.07, 6.45) is 3.58. The summed E-state index contributed by atoms with van der Waals surface area (Å²) in [7, 11) is -4.45. The topological polar surface area (TPSA) is 130 Å². The molecule has 0 aliphatic carbocycles. The summed E-state index contributed by atoms with van der Waals surface area (Å²) in [5.74, 6) is -1.59. The van der Waals surface area contributed by atoms with E-state index < -0.39 is 32.0 Å². The number of aromatic nitrogens is 4. The van der Waals surface area contributed by atoms with Gasteiger partial charge in [0.25, 0.3) is 10.0 Å². The van der Waals surface area contributed by atoms with Crippen LogP contribution in [0.1, 0.15) is 27.2 Å². The lowest BCUT2D eigenvalue weighted by molar-refractivity contribution is -0.138. The molecular formula is C27H26ClF2N7O3S. The van der Waals surface area contributed by atoms with Crippen LogP contribution in [-0.2, 0) is 14.8 Å². The summed E-state index contributed by atoms with van der Waals surface area (Å²) < 4.78 is 55.3. The van der Waals surface area contributed by atoms with Crippen LogP contribution in [0.2, 0.25) is 5.15 Å². The molecular weight excluding hydrogens is 576 g/mol. The molecule has 0 bridgehead atoms. The van der Waals surface area contributed by atoms with Gasteiger partial charge < -0.3 is 10.2 Å². The Labute approximate surface area is 240 Å². The van der Waals surface area contributed by atoms with Crippen LogP contribution in [0.15, 0.2) is 53.8 Å². The number of benzene rings is 1.